The number of hydrogen-bond donors (Lipinski definition) is 2. The zero-order valence-electron chi connectivity index (χ0n) is 15.3. The number of anilines is 1. The number of carbonyl (C=O) groups is 1. The average Bonchev–Trinajstić information content (AvgIpc) is 2.83. The van der Waals surface area contributed by atoms with E-state index < -0.39 is 11.7 Å². The van der Waals surface area contributed by atoms with Crippen molar-refractivity contribution in [2.75, 3.05) is 5.32 Å². The van der Waals surface area contributed by atoms with E-state index in [0.29, 0.717) is 17.4 Å². The second-order valence-electron chi connectivity index (χ2n) is 6.91. The Labute approximate surface area is 153 Å². The van der Waals surface area contributed by atoms with Crippen molar-refractivity contribution in [1.29, 1.82) is 0 Å². The molecule has 0 bridgehead atoms. The minimum atomic E-state index is -0.518. The quantitative estimate of drug-likeness (QED) is 0.831. The van der Waals surface area contributed by atoms with Crippen LogP contribution in [0.1, 0.15) is 45.1 Å². The fraction of sp³-hybridized carbons (Fsp3) is 0.444. The molecule has 1 atom stereocenters. The third-order valence-electron chi connectivity index (χ3n) is 3.65. The molecule has 0 aliphatic rings. The summed E-state index contributed by atoms with van der Waals surface area (Å²) in [5.74, 6) is 0.875. The highest BCUT2D eigenvalue weighted by Crippen LogP contribution is 2.18. The Morgan fingerprint density at radius 2 is 1.96 bits per heavy atom. The number of amides is 1. The van der Waals surface area contributed by atoms with E-state index >= 15 is 0 Å². The predicted molar refractivity (Wildman–Crippen MR) is 99.8 cm³/mol. The van der Waals surface area contributed by atoms with Gasteiger partial charge in [-0.25, -0.2) is 9.78 Å². The summed E-state index contributed by atoms with van der Waals surface area (Å²) in [5, 5.41) is 6.74. The first-order valence-electron chi connectivity index (χ1n) is 8.15. The highest BCUT2D eigenvalue weighted by atomic mass is 35.5. The highest BCUT2D eigenvalue weighted by Gasteiger charge is 2.16. The highest BCUT2D eigenvalue weighted by molar-refractivity contribution is 6.29. The summed E-state index contributed by atoms with van der Waals surface area (Å²) in [4.78, 5) is 16.0. The van der Waals surface area contributed by atoms with Gasteiger partial charge >= 0.3 is 6.09 Å². The van der Waals surface area contributed by atoms with Crippen LogP contribution in [0.2, 0.25) is 5.15 Å². The summed E-state index contributed by atoms with van der Waals surface area (Å²) < 4.78 is 7.08. The van der Waals surface area contributed by atoms with Crippen molar-refractivity contribution in [3.63, 3.8) is 0 Å². The Hall–Kier alpha value is -2.05. The number of nitrogens with one attached hydrogen (secondary N) is 2. The van der Waals surface area contributed by atoms with Gasteiger partial charge in [0.15, 0.2) is 0 Å². The molecule has 7 heteroatoms. The number of imidazole rings is 1. The van der Waals surface area contributed by atoms with Gasteiger partial charge in [0.05, 0.1) is 12.7 Å². The van der Waals surface area contributed by atoms with Crippen molar-refractivity contribution >= 4 is 23.4 Å². The summed E-state index contributed by atoms with van der Waals surface area (Å²) in [6.07, 6.45) is 1.18. The number of aromatic nitrogens is 2. The molecule has 0 spiro atoms. The predicted octanol–water partition coefficient (Wildman–Crippen LogP) is 4.27. The summed E-state index contributed by atoms with van der Waals surface area (Å²) in [6.45, 7) is 8.18. The third-order valence-corrected chi connectivity index (χ3v) is 4.00. The lowest BCUT2D eigenvalue weighted by Crippen LogP contribution is -2.27. The van der Waals surface area contributed by atoms with Crippen molar-refractivity contribution in [2.24, 2.45) is 7.05 Å². The van der Waals surface area contributed by atoms with E-state index in [4.69, 9.17) is 16.3 Å². The Kier molecular flexibility index (Phi) is 6.08. The summed E-state index contributed by atoms with van der Waals surface area (Å²) in [7, 11) is 1.88. The van der Waals surface area contributed by atoms with Crippen LogP contribution in [0.15, 0.2) is 30.5 Å². The van der Waals surface area contributed by atoms with Crippen LogP contribution >= 0.6 is 11.6 Å². The number of ether oxygens (including phenoxy) is 1. The first-order chi connectivity index (χ1) is 11.7. The monoisotopic (exact) mass is 364 g/mol. The van der Waals surface area contributed by atoms with Crippen molar-refractivity contribution in [3.05, 3.63) is 47.0 Å². The minimum absolute atomic E-state index is 0.131. The molecule has 0 saturated heterocycles. The van der Waals surface area contributed by atoms with Crippen LogP contribution in [0.3, 0.4) is 0 Å². The molecule has 1 unspecified atom stereocenters. The van der Waals surface area contributed by atoms with Gasteiger partial charge in [-0.3, -0.25) is 5.32 Å². The van der Waals surface area contributed by atoms with E-state index in [9.17, 15) is 4.79 Å². The second-order valence-corrected chi connectivity index (χ2v) is 7.29. The lowest BCUT2D eigenvalue weighted by Gasteiger charge is -2.20. The van der Waals surface area contributed by atoms with E-state index in [0.717, 1.165) is 11.4 Å². The largest absolute Gasteiger partial charge is 0.444 e. The van der Waals surface area contributed by atoms with E-state index in [2.05, 4.69) is 22.5 Å². The van der Waals surface area contributed by atoms with Crippen molar-refractivity contribution in [3.8, 4) is 0 Å². The molecule has 0 aliphatic carbocycles. The van der Waals surface area contributed by atoms with Gasteiger partial charge in [0, 0.05) is 18.8 Å². The van der Waals surface area contributed by atoms with Crippen molar-refractivity contribution in [2.45, 2.75) is 45.9 Å². The fourth-order valence-corrected chi connectivity index (χ4v) is 2.37. The standard InChI is InChI=1S/C18H25ClN4O2/c1-12(20-11-16-21-10-15(19)23(16)5)13-6-8-14(9-7-13)22-17(24)25-18(2,3)4/h6-10,12,20H,11H2,1-5H3,(H,22,24). The van der Waals surface area contributed by atoms with Crippen LogP contribution < -0.4 is 10.6 Å². The van der Waals surface area contributed by atoms with Gasteiger partial charge in [0.2, 0.25) is 0 Å². The lowest BCUT2D eigenvalue weighted by atomic mass is 10.1. The molecule has 25 heavy (non-hydrogen) atoms. The van der Waals surface area contributed by atoms with E-state index in [1.54, 1.807) is 6.20 Å². The van der Waals surface area contributed by atoms with E-state index in [1.165, 1.54) is 0 Å². The number of rotatable bonds is 5. The van der Waals surface area contributed by atoms with Crippen LogP contribution in [0.4, 0.5) is 10.5 Å². The smallest absolute Gasteiger partial charge is 0.412 e. The van der Waals surface area contributed by atoms with Crippen LogP contribution in [-0.2, 0) is 18.3 Å². The van der Waals surface area contributed by atoms with Crippen LogP contribution in [0.5, 0.6) is 0 Å². The van der Waals surface area contributed by atoms with Crippen LogP contribution in [0.25, 0.3) is 0 Å². The zero-order chi connectivity index (χ0) is 18.6. The van der Waals surface area contributed by atoms with Gasteiger partial charge in [0.1, 0.15) is 16.6 Å². The molecule has 1 aromatic carbocycles. The Bertz CT molecular complexity index is 720. The average molecular weight is 365 g/mol. The molecule has 1 heterocycles. The molecule has 2 N–H and O–H groups in total. The molecule has 6 nitrogen and oxygen atoms in total. The van der Waals surface area contributed by atoms with Crippen LogP contribution in [0, 0.1) is 0 Å². The number of benzene rings is 1. The molecule has 0 saturated carbocycles. The SMILES string of the molecule is CC(NCc1ncc(Cl)n1C)c1ccc(NC(=O)OC(C)(C)C)cc1. The molecule has 0 radical (unpaired) electrons. The number of halogens is 1. The number of nitrogens with zero attached hydrogens (tertiary/aromatic N) is 2. The lowest BCUT2D eigenvalue weighted by molar-refractivity contribution is 0.0636. The van der Waals surface area contributed by atoms with Gasteiger partial charge in [0.25, 0.3) is 0 Å². The molecule has 2 aromatic rings. The molecule has 136 valence electrons. The topological polar surface area (TPSA) is 68.2 Å². The third kappa shape index (κ3) is 5.76. The van der Waals surface area contributed by atoms with Gasteiger partial charge in [-0.1, -0.05) is 23.7 Å². The molecule has 2 rings (SSSR count). The molecule has 0 fully saturated rings. The first kappa shape index (κ1) is 19.3. The maximum Gasteiger partial charge on any atom is 0.412 e. The molecule has 0 aliphatic heterocycles. The second kappa shape index (κ2) is 7.89. The normalized spacial score (nSPS) is 12.7. The molecular weight excluding hydrogens is 340 g/mol. The van der Waals surface area contributed by atoms with E-state index in [-0.39, 0.29) is 6.04 Å². The maximum atomic E-state index is 11.8. The molecular formula is C18H25ClN4O2. The van der Waals surface area contributed by atoms with E-state index in [1.807, 2.05) is 56.7 Å². The Morgan fingerprint density at radius 1 is 1.32 bits per heavy atom. The first-order valence-corrected chi connectivity index (χ1v) is 8.53. The Morgan fingerprint density at radius 3 is 2.48 bits per heavy atom. The van der Waals surface area contributed by atoms with Crippen LogP contribution in [-0.4, -0.2) is 21.2 Å². The zero-order valence-corrected chi connectivity index (χ0v) is 16.0. The number of hydrogen-bond acceptors (Lipinski definition) is 4. The van der Waals surface area contributed by atoms with Gasteiger partial charge in [-0.05, 0) is 45.4 Å². The van der Waals surface area contributed by atoms with Gasteiger partial charge < -0.3 is 14.6 Å². The summed E-state index contributed by atoms with van der Waals surface area (Å²) in [6, 6.07) is 7.78. The van der Waals surface area contributed by atoms with Crippen molar-refractivity contribution in [1.82, 2.24) is 14.9 Å². The van der Waals surface area contributed by atoms with Crippen molar-refractivity contribution < 1.29 is 9.53 Å². The summed E-state index contributed by atoms with van der Waals surface area (Å²) in [5.41, 5.74) is 1.28. The molecule has 1 amide bonds. The Balaban J connectivity index is 1.90. The van der Waals surface area contributed by atoms with Gasteiger partial charge in [-0.15, -0.1) is 0 Å². The maximum absolute atomic E-state index is 11.8. The summed E-state index contributed by atoms with van der Waals surface area (Å²) >= 11 is 5.99. The number of carbonyl (C=O) groups excluding carboxylic acids is 1. The minimum Gasteiger partial charge on any atom is -0.444 e. The molecule has 1 aromatic heterocycles. The fourth-order valence-electron chi connectivity index (χ4n) is 2.23. The van der Waals surface area contributed by atoms with Gasteiger partial charge in [-0.2, -0.15) is 0 Å².